The first-order valence-electron chi connectivity index (χ1n) is 8.40. The van der Waals surface area contributed by atoms with Crippen LogP contribution < -0.4 is 5.73 Å². The second-order valence-electron chi connectivity index (χ2n) is 6.41. The molecule has 142 valence electrons. The van der Waals surface area contributed by atoms with Crippen molar-refractivity contribution in [3.05, 3.63) is 51.3 Å². The Labute approximate surface area is 154 Å². The fourth-order valence-corrected chi connectivity index (χ4v) is 3.38. The number of aromatic carboxylic acids is 1. The summed E-state index contributed by atoms with van der Waals surface area (Å²) in [6.07, 6.45) is 2.53. The molecule has 0 radical (unpaired) electrons. The summed E-state index contributed by atoms with van der Waals surface area (Å²) in [6.45, 7) is 2.55. The Morgan fingerprint density at radius 1 is 1.30 bits per heavy atom. The molecule has 0 unspecified atom stereocenters. The topological polar surface area (TPSA) is 145 Å². The molecular weight excluding hydrogens is 354 g/mol. The highest BCUT2D eigenvalue weighted by atomic mass is 16.6. The van der Waals surface area contributed by atoms with E-state index in [1.807, 2.05) is 0 Å². The molecule has 1 aliphatic heterocycles. The monoisotopic (exact) mass is 373 g/mol. The van der Waals surface area contributed by atoms with E-state index in [1.165, 1.54) is 24.4 Å². The van der Waals surface area contributed by atoms with Crippen LogP contribution in [0, 0.1) is 17.0 Å². The summed E-state index contributed by atoms with van der Waals surface area (Å²) in [5.74, 6) is -1.37. The van der Waals surface area contributed by atoms with Gasteiger partial charge in [-0.25, -0.2) is 4.79 Å². The number of carboxylic acids is 1. The highest BCUT2D eigenvalue weighted by Crippen LogP contribution is 2.29. The molecular formula is C17H19N5O5. The lowest BCUT2D eigenvalue weighted by atomic mass is 10.0. The fraction of sp³-hybridized carbons (Fsp3) is 0.353. The quantitative estimate of drug-likeness (QED) is 0.472. The van der Waals surface area contributed by atoms with Crippen molar-refractivity contribution >= 4 is 23.3 Å². The van der Waals surface area contributed by atoms with E-state index in [4.69, 9.17) is 10.8 Å². The number of anilines is 1. The van der Waals surface area contributed by atoms with Gasteiger partial charge >= 0.3 is 5.97 Å². The first-order chi connectivity index (χ1) is 12.8. The number of nitrogens with zero attached hydrogens (tertiary/aromatic N) is 4. The highest BCUT2D eigenvalue weighted by molar-refractivity contribution is 6.01. The van der Waals surface area contributed by atoms with Gasteiger partial charge < -0.3 is 15.7 Å². The number of carbonyl (C=O) groups excluding carboxylic acids is 1. The maximum atomic E-state index is 12.7. The lowest BCUT2D eigenvalue weighted by Gasteiger charge is -2.32. The summed E-state index contributed by atoms with van der Waals surface area (Å²) < 4.78 is 1.69. The summed E-state index contributed by atoms with van der Waals surface area (Å²) in [7, 11) is 0. The van der Waals surface area contributed by atoms with Crippen LogP contribution in [0.25, 0.3) is 0 Å². The maximum absolute atomic E-state index is 12.7. The van der Waals surface area contributed by atoms with Gasteiger partial charge in [0.05, 0.1) is 28.4 Å². The Morgan fingerprint density at radius 3 is 2.52 bits per heavy atom. The van der Waals surface area contributed by atoms with Crippen molar-refractivity contribution in [2.45, 2.75) is 25.8 Å². The zero-order valence-corrected chi connectivity index (χ0v) is 14.7. The number of hydrogen-bond donors (Lipinski definition) is 2. The number of aromatic nitrogens is 2. The smallest absolute Gasteiger partial charge is 0.339 e. The molecule has 0 atom stereocenters. The number of rotatable bonds is 4. The third-order valence-corrected chi connectivity index (χ3v) is 4.88. The molecule has 1 saturated heterocycles. The van der Waals surface area contributed by atoms with Gasteiger partial charge in [0, 0.05) is 19.2 Å². The summed E-state index contributed by atoms with van der Waals surface area (Å²) in [4.78, 5) is 35.9. The summed E-state index contributed by atoms with van der Waals surface area (Å²) >= 11 is 0. The van der Waals surface area contributed by atoms with Gasteiger partial charge in [0.1, 0.15) is 11.3 Å². The van der Waals surface area contributed by atoms with Crippen molar-refractivity contribution in [3.63, 3.8) is 0 Å². The van der Waals surface area contributed by atoms with E-state index in [-0.39, 0.29) is 34.5 Å². The Balaban J connectivity index is 1.73. The SMILES string of the molecule is Cc1c(C(=O)O)cnn1C1CCN(C(=O)c2cccc([N+](=O)[O-])c2N)CC1. The van der Waals surface area contributed by atoms with Gasteiger partial charge in [-0.1, -0.05) is 6.07 Å². The first-order valence-corrected chi connectivity index (χ1v) is 8.40. The van der Waals surface area contributed by atoms with Gasteiger partial charge in [-0.15, -0.1) is 0 Å². The van der Waals surface area contributed by atoms with Gasteiger partial charge in [0.2, 0.25) is 0 Å². The first kappa shape index (κ1) is 18.4. The Kier molecular flexibility index (Phi) is 4.80. The van der Waals surface area contributed by atoms with E-state index in [0.29, 0.717) is 31.6 Å². The van der Waals surface area contributed by atoms with E-state index < -0.39 is 10.9 Å². The van der Waals surface area contributed by atoms with Crippen molar-refractivity contribution in [2.24, 2.45) is 0 Å². The minimum absolute atomic E-state index is 0.00962. The van der Waals surface area contributed by atoms with Crippen molar-refractivity contribution in [3.8, 4) is 0 Å². The van der Waals surface area contributed by atoms with Crippen LogP contribution in [0.4, 0.5) is 11.4 Å². The van der Waals surface area contributed by atoms with Crippen LogP contribution in [0.3, 0.4) is 0 Å². The fourth-order valence-electron chi connectivity index (χ4n) is 3.38. The number of nitrogen functional groups attached to an aromatic ring is 1. The average Bonchev–Trinajstić information content (AvgIpc) is 3.03. The molecule has 0 spiro atoms. The molecule has 2 aromatic rings. The molecule has 10 nitrogen and oxygen atoms in total. The van der Waals surface area contributed by atoms with E-state index in [1.54, 1.807) is 16.5 Å². The number of nitrogens with two attached hydrogens (primary N) is 1. The highest BCUT2D eigenvalue weighted by Gasteiger charge is 2.29. The van der Waals surface area contributed by atoms with Crippen molar-refractivity contribution in [2.75, 3.05) is 18.8 Å². The third kappa shape index (κ3) is 3.33. The van der Waals surface area contributed by atoms with Crippen LogP contribution in [0.15, 0.2) is 24.4 Å². The van der Waals surface area contributed by atoms with Gasteiger partial charge in [0.25, 0.3) is 11.6 Å². The van der Waals surface area contributed by atoms with Gasteiger partial charge in [-0.3, -0.25) is 19.6 Å². The minimum atomic E-state index is -1.02. The standard InChI is InChI=1S/C17H19N5O5/c1-10-13(17(24)25)9-19-21(10)11-5-7-20(8-6-11)16(23)12-3-2-4-14(15(12)18)22(26)27/h2-4,9,11H,5-8,18H2,1H3,(H,24,25). The lowest BCUT2D eigenvalue weighted by molar-refractivity contribution is -0.383. The molecule has 1 aliphatic rings. The normalized spacial score (nSPS) is 14.9. The van der Waals surface area contributed by atoms with E-state index in [9.17, 15) is 19.7 Å². The number of benzene rings is 1. The van der Waals surface area contributed by atoms with Crippen LogP contribution in [-0.2, 0) is 0 Å². The number of carbonyl (C=O) groups is 2. The van der Waals surface area contributed by atoms with Crippen LogP contribution >= 0.6 is 0 Å². The Bertz CT molecular complexity index is 914. The van der Waals surface area contributed by atoms with Gasteiger partial charge in [0.15, 0.2) is 0 Å². The molecule has 27 heavy (non-hydrogen) atoms. The van der Waals surface area contributed by atoms with Crippen molar-refractivity contribution in [1.29, 1.82) is 0 Å². The molecule has 3 rings (SSSR count). The average molecular weight is 373 g/mol. The molecule has 1 aromatic carbocycles. The molecule has 0 bridgehead atoms. The molecule has 2 heterocycles. The summed E-state index contributed by atoms with van der Waals surface area (Å²) in [5, 5.41) is 24.3. The Morgan fingerprint density at radius 2 is 1.96 bits per heavy atom. The second kappa shape index (κ2) is 7.06. The number of piperidine rings is 1. The number of carboxylic acid groups (broad SMARTS) is 1. The molecule has 10 heteroatoms. The molecule has 0 saturated carbocycles. The third-order valence-electron chi connectivity index (χ3n) is 4.88. The zero-order chi connectivity index (χ0) is 19.7. The lowest BCUT2D eigenvalue weighted by Crippen LogP contribution is -2.39. The predicted molar refractivity (Wildman–Crippen MR) is 95.6 cm³/mol. The predicted octanol–water partition coefficient (Wildman–Crippen LogP) is 1.86. The number of nitro groups is 1. The largest absolute Gasteiger partial charge is 0.478 e. The van der Waals surface area contributed by atoms with Gasteiger partial charge in [-0.05, 0) is 25.8 Å². The van der Waals surface area contributed by atoms with Crippen molar-refractivity contribution in [1.82, 2.24) is 14.7 Å². The number of hydrogen-bond acceptors (Lipinski definition) is 6. The zero-order valence-electron chi connectivity index (χ0n) is 14.7. The molecule has 3 N–H and O–H groups in total. The van der Waals surface area contributed by atoms with Crippen LogP contribution in [0.2, 0.25) is 0 Å². The van der Waals surface area contributed by atoms with Crippen molar-refractivity contribution < 1.29 is 19.6 Å². The van der Waals surface area contributed by atoms with E-state index >= 15 is 0 Å². The minimum Gasteiger partial charge on any atom is -0.478 e. The van der Waals surface area contributed by atoms with Crippen LogP contribution in [0.5, 0.6) is 0 Å². The number of amides is 1. The molecule has 0 aliphatic carbocycles. The summed E-state index contributed by atoms with van der Waals surface area (Å²) in [6, 6.07) is 4.17. The number of likely N-dealkylation sites (tertiary alicyclic amines) is 1. The van der Waals surface area contributed by atoms with E-state index in [0.717, 1.165) is 0 Å². The number of nitro benzene ring substituents is 1. The maximum Gasteiger partial charge on any atom is 0.339 e. The van der Waals surface area contributed by atoms with Gasteiger partial charge in [-0.2, -0.15) is 5.10 Å². The van der Waals surface area contributed by atoms with E-state index in [2.05, 4.69) is 5.10 Å². The second-order valence-corrected chi connectivity index (χ2v) is 6.41. The Hall–Kier alpha value is -3.43. The molecule has 1 amide bonds. The summed E-state index contributed by atoms with van der Waals surface area (Å²) in [5.41, 5.74) is 6.24. The van der Waals surface area contributed by atoms with Crippen LogP contribution in [0.1, 0.15) is 45.3 Å². The molecule has 1 aromatic heterocycles. The molecule has 1 fully saturated rings. The number of para-hydroxylation sites is 1. The van der Waals surface area contributed by atoms with Crippen LogP contribution in [-0.4, -0.2) is 49.7 Å².